The normalized spacial score (nSPS) is 23.7. The van der Waals surface area contributed by atoms with E-state index in [2.05, 4.69) is 9.97 Å². The minimum absolute atomic E-state index is 0.260. The van der Waals surface area contributed by atoms with Crippen molar-refractivity contribution < 1.29 is 9.47 Å². The Bertz CT molecular complexity index is 430. The maximum atomic E-state index is 5.98. The molecule has 1 atom stereocenters. The predicted octanol–water partition coefficient (Wildman–Crippen LogP) is 1.24. The highest BCUT2D eigenvalue weighted by molar-refractivity contribution is 5.42. The van der Waals surface area contributed by atoms with Crippen LogP contribution in [0.4, 0.5) is 5.82 Å². The summed E-state index contributed by atoms with van der Waals surface area (Å²) in [6, 6.07) is 0. The lowest BCUT2D eigenvalue weighted by atomic mass is 10.1. The van der Waals surface area contributed by atoms with E-state index in [1.54, 1.807) is 0 Å². The molecule has 0 amide bonds. The molecule has 0 saturated carbocycles. The molecule has 1 fully saturated rings. The maximum absolute atomic E-state index is 5.98. The number of nitrogens with two attached hydrogens (primary N) is 1. The molecule has 2 N–H and O–H groups in total. The van der Waals surface area contributed by atoms with Crippen LogP contribution >= 0.6 is 0 Å². The van der Waals surface area contributed by atoms with Crippen molar-refractivity contribution in [2.24, 2.45) is 0 Å². The summed E-state index contributed by atoms with van der Waals surface area (Å²) in [5.41, 5.74) is 8.00. The summed E-state index contributed by atoms with van der Waals surface area (Å²) in [7, 11) is 0. The van der Waals surface area contributed by atoms with Gasteiger partial charge in [0.05, 0.1) is 25.0 Å². The van der Waals surface area contributed by atoms with Crippen LogP contribution in [0.5, 0.6) is 0 Å². The van der Waals surface area contributed by atoms with Crippen molar-refractivity contribution in [2.45, 2.75) is 44.8 Å². The quantitative estimate of drug-likeness (QED) is 0.854. The largest absolute Gasteiger partial charge is 0.383 e. The number of nitrogens with zero attached hydrogens (tertiary/aromatic N) is 2. The smallest absolute Gasteiger partial charge is 0.133 e. The van der Waals surface area contributed by atoms with E-state index in [1.807, 2.05) is 0 Å². The molecule has 2 aliphatic heterocycles. The first kappa shape index (κ1) is 11.9. The molecule has 3 rings (SSSR count). The zero-order valence-electron chi connectivity index (χ0n) is 10.5. The molecule has 0 spiro atoms. The van der Waals surface area contributed by atoms with E-state index in [1.165, 1.54) is 12.8 Å². The number of anilines is 1. The fourth-order valence-corrected chi connectivity index (χ4v) is 2.57. The molecule has 5 nitrogen and oxygen atoms in total. The maximum Gasteiger partial charge on any atom is 0.133 e. The van der Waals surface area contributed by atoms with Gasteiger partial charge in [-0.15, -0.1) is 0 Å². The number of hydrogen-bond acceptors (Lipinski definition) is 5. The number of rotatable bonds is 2. The standard InChI is InChI=1S/C13H19N3O2/c14-13-10-8-17-6-4-11(10)15-12(16-13)7-9-3-1-2-5-18-9/h9H,1-8H2,(H2,14,15,16). The van der Waals surface area contributed by atoms with Crippen molar-refractivity contribution in [1.29, 1.82) is 0 Å². The minimum atomic E-state index is 0.260. The first-order valence-corrected chi connectivity index (χ1v) is 6.66. The number of ether oxygens (including phenoxy) is 2. The molecule has 5 heteroatoms. The van der Waals surface area contributed by atoms with Crippen molar-refractivity contribution in [1.82, 2.24) is 9.97 Å². The number of aromatic nitrogens is 2. The van der Waals surface area contributed by atoms with Crippen molar-refractivity contribution in [3.63, 3.8) is 0 Å². The molecule has 0 aliphatic carbocycles. The minimum Gasteiger partial charge on any atom is -0.383 e. The molecular weight excluding hydrogens is 230 g/mol. The van der Waals surface area contributed by atoms with Crippen molar-refractivity contribution in [3.05, 3.63) is 17.1 Å². The van der Waals surface area contributed by atoms with Gasteiger partial charge in [-0.2, -0.15) is 0 Å². The van der Waals surface area contributed by atoms with Gasteiger partial charge in [0, 0.05) is 25.0 Å². The third-order valence-electron chi connectivity index (χ3n) is 3.58. The fraction of sp³-hybridized carbons (Fsp3) is 0.692. The van der Waals surface area contributed by atoms with Crippen LogP contribution < -0.4 is 5.73 Å². The third-order valence-corrected chi connectivity index (χ3v) is 3.58. The van der Waals surface area contributed by atoms with Gasteiger partial charge in [0.1, 0.15) is 11.6 Å². The second-order valence-corrected chi connectivity index (χ2v) is 4.95. The van der Waals surface area contributed by atoms with Gasteiger partial charge in [-0.1, -0.05) is 0 Å². The molecule has 0 bridgehead atoms. The van der Waals surface area contributed by atoms with E-state index in [9.17, 15) is 0 Å². The Kier molecular flexibility index (Phi) is 3.43. The van der Waals surface area contributed by atoms with Gasteiger partial charge >= 0.3 is 0 Å². The summed E-state index contributed by atoms with van der Waals surface area (Å²) in [5.74, 6) is 1.39. The van der Waals surface area contributed by atoms with Crippen LogP contribution in [0, 0.1) is 0 Å². The van der Waals surface area contributed by atoms with E-state index < -0.39 is 0 Å². The summed E-state index contributed by atoms with van der Waals surface area (Å²) in [6.45, 7) is 2.13. The Balaban J connectivity index is 1.77. The van der Waals surface area contributed by atoms with Gasteiger partial charge in [0.2, 0.25) is 0 Å². The second-order valence-electron chi connectivity index (χ2n) is 4.95. The third kappa shape index (κ3) is 2.47. The predicted molar refractivity (Wildman–Crippen MR) is 67.1 cm³/mol. The van der Waals surface area contributed by atoms with Gasteiger partial charge < -0.3 is 15.2 Å². The Morgan fingerprint density at radius 3 is 3.00 bits per heavy atom. The first-order chi connectivity index (χ1) is 8.83. The summed E-state index contributed by atoms with van der Waals surface area (Å²) < 4.78 is 11.1. The molecule has 98 valence electrons. The summed E-state index contributed by atoms with van der Waals surface area (Å²) in [6.07, 6.45) is 5.37. The van der Waals surface area contributed by atoms with Gasteiger partial charge in [0.15, 0.2) is 0 Å². The molecule has 1 saturated heterocycles. The molecule has 0 aromatic carbocycles. The molecule has 1 aromatic rings. The van der Waals surface area contributed by atoms with Crippen LogP contribution in [0.25, 0.3) is 0 Å². The van der Waals surface area contributed by atoms with E-state index in [0.717, 1.165) is 49.6 Å². The molecule has 1 aromatic heterocycles. The van der Waals surface area contributed by atoms with Crippen LogP contribution in [-0.4, -0.2) is 29.3 Å². The number of fused-ring (bicyclic) bond motifs is 1. The molecule has 1 unspecified atom stereocenters. The van der Waals surface area contributed by atoms with E-state index in [0.29, 0.717) is 12.4 Å². The lowest BCUT2D eigenvalue weighted by Crippen LogP contribution is -2.24. The zero-order chi connectivity index (χ0) is 12.4. The van der Waals surface area contributed by atoms with E-state index in [-0.39, 0.29) is 6.10 Å². The SMILES string of the molecule is Nc1nc(CC2CCCCO2)nc2c1COCC2. The Morgan fingerprint density at radius 1 is 1.22 bits per heavy atom. The average Bonchev–Trinajstić information content (AvgIpc) is 2.40. The van der Waals surface area contributed by atoms with Gasteiger partial charge in [-0.05, 0) is 19.3 Å². The Hall–Kier alpha value is -1.20. The van der Waals surface area contributed by atoms with Gasteiger partial charge in [0.25, 0.3) is 0 Å². The first-order valence-electron chi connectivity index (χ1n) is 6.66. The van der Waals surface area contributed by atoms with Crippen LogP contribution in [-0.2, 0) is 28.9 Å². The Labute approximate surface area is 107 Å². The molecule has 18 heavy (non-hydrogen) atoms. The number of hydrogen-bond donors (Lipinski definition) is 1. The fourth-order valence-electron chi connectivity index (χ4n) is 2.57. The zero-order valence-corrected chi connectivity index (χ0v) is 10.5. The highest BCUT2D eigenvalue weighted by Crippen LogP contribution is 2.22. The Morgan fingerprint density at radius 2 is 2.17 bits per heavy atom. The monoisotopic (exact) mass is 249 g/mol. The highest BCUT2D eigenvalue weighted by Gasteiger charge is 2.20. The van der Waals surface area contributed by atoms with Crippen LogP contribution in [0.3, 0.4) is 0 Å². The summed E-state index contributed by atoms with van der Waals surface area (Å²) in [4.78, 5) is 9.00. The molecule has 0 radical (unpaired) electrons. The van der Waals surface area contributed by atoms with Crippen LogP contribution in [0.15, 0.2) is 0 Å². The van der Waals surface area contributed by atoms with Crippen LogP contribution in [0.1, 0.15) is 36.3 Å². The van der Waals surface area contributed by atoms with Crippen molar-refractivity contribution >= 4 is 5.82 Å². The van der Waals surface area contributed by atoms with Gasteiger partial charge in [-0.25, -0.2) is 9.97 Å². The highest BCUT2D eigenvalue weighted by atomic mass is 16.5. The molecular formula is C13H19N3O2. The van der Waals surface area contributed by atoms with Crippen LogP contribution in [0.2, 0.25) is 0 Å². The summed E-state index contributed by atoms with van der Waals surface area (Å²) >= 11 is 0. The molecule has 2 aliphatic rings. The lowest BCUT2D eigenvalue weighted by molar-refractivity contribution is 0.0155. The average molecular weight is 249 g/mol. The number of nitrogen functional groups attached to an aromatic ring is 1. The van der Waals surface area contributed by atoms with E-state index >= 15 is 0 Å². The van der Waals surface area contributed by atoms with E-state index in [4.69, 9.17) is 15.2 Å². The van der Waals surface area contributed by atoms with Crippen molar-refractivity contribution in [2.75, 3.05) is 18.9 Å². The second kappa shape index (κ2) is 5.20. The summed E-state index contributed by atoms with van der Waals surface area (Å²) in [5, 5.41) is 0. The topological polar surface area (TPSA) is 70.3 Å². The van der Waals surface area contributed by atoms with Gasteiger partial charge in [-0.3, -0.25) is 0 Å². The van der Waals surface area contributed by atoms with Crippen molar-refractivity contribution in [3.8, 4) is 0 Å². The molecule has 3 heterocycles. The lowest BCUT2D eigenvalue weighted by Gasteiger charge is -2.23.